The minimum atomic E-state index is -0.536. The number of amides is 2. The quantitative estimate of drug-likeness (QED) is 0.194. The van der Waals surface area contributed by atoms with Crippen LogP contribution in [-0.4, -0.2) is 74.0 Å². The highest BCUT2D eigenvalue weighted by Gasteiger charge is 2.32. The lowest BCUT2D eigenvalue weighted by atomic mass is 9.83. The number of hydrogen-bond acceptors (Lipinski definition) is 10. The molecule has 2 atom stereocenters. The number of nitrogen functional groups attached to an aromatic ring is 1. The highest BCUT2D eigenvalue weighted by Crippen LogP contribution is 2.30. The molecule has 1 aliphatic carbocycles. The van der Waals surface area contributed by atoms with E-state index in [-0.39, 0.29) is 47.4 Å². The van der Waals surface area contributed by atoms with Gasteiger partial charge in [0.1, 0.15) is 42.2 Å². The molecule has 2 aromatic heterocycles. The summed E-state index contributed by atoms with van der Waals surface area (Å²) in [5, 5.41) is 19.1. The van der Waals surface area contributed by atoms with E-state index in [0.717, 1.165) is 37.3 Å². The van der Waals surface area contributed by atoms with Crippen molar-refractivity contribution in [3.8, 4) is 5.75 Å². The van der Waals surface area contributed by atoms with Crippen LogP contribution in [0.2, 0.25) is 0 Å². The Bertz CT molecular complexity index is 1660. The second-order valence-corrected chi connectivity index (χ2v) is 10.8. The van der Waals surface area contributed by atoms with E-state index < -0.39 is 11.7 Å². The van der Waals surface area contributed by atoms with E-state index in [4.69, 9.17) is 15.9 Å². The molecule has 4 aromatic rings. The SMILES string of the molecule is COc1ccc(F)cc1C(=O)NCc1ccc(C(=N)c2c(N)ncnc2NCC2CCCCC2N(C)C(=O)n2cncn2)cc1. The second kappa shape index (κ2) is 13.9. The van der Waals surface area contributed by atoms with Crippen LogP contribution in [0, 0.1) is 17.1 Å². The van der Waals surface area contributed by atoms with Crippen molar-refractivity contribution in [1.29, 1.82) is 5.41 Å². The van der Waals surface area contributed by atoms with Gasteiger partial charge in [-0.15, -0.1) is 0 Å². The minimum absolute atomic E-state index is 0.0138. The normalized spacial score (nSPS) is 16.1. The van der Waals surface area contributed by atoms with Crippen LogP contribution in [-0.2, 0) is 6.54 Å². The summed E-state index contributed by atoms with van der Waals surface area (Å²) in [6.07, 6.45) is 7.93. The van der Waals surface area contributed by atoms with Gasteiger partial charge in [0.25, 0.3) is 5.91 Å². The number of aromatic nitrogens is 5. The molecule has 0 aliphatic heterocycles. The molecule has 45 heavy (non-hydrogen) atoms. The summed E-state index contributed by atoms with van der Waals surface area (Å²) in [6.45, 7) is 0.705. The van der Waals surface area contributed by atoms with Gasteiger partial charge in [0.05, 0.1) is 23.9 Å². The molecule has 2 unspecified atom stereocenters. The second-order valence-electron chi connectivity index (χ2n) is 10.8. The fourth-order valence-electron chi connectivity index (χ4n) is 5.62. The zero-order valence-electron chi connectivity index (χ0n) is 25.0. The van der Waals surface area contributed by atoms with Gasteiger partial charge in [0.15, 0.2) is 0 Å². The van der Waals surface area contributed by atoms with E-state index in [9.17, 15) is 14.0 Å². The van der Waals surface area contributed by atoms with E-state index in [2.05, 4.69) is 30.7 Å². The third kappa shape index (κ3) is 7.06. The Morgan fingerprint density at radius 1 is 1.13 bits per heavy atom. The third-order valence-corrected chi connectivity index (χ3v) is 8.04. The fourth-order valence-corrected chi connectivity index (χ4v) is 5.62. The number of hydrogen-bond donors (Lipinski definition) is 4. The molecule has 0 spiro atoms. The Kier molecular flexibility index (Phi) is 9.61. The summed E-state index contributed by atoms with van der Waals surface area (Å²) in [5.41, 5.74) is 8.21. The zero-order valence-corrected chi connectivity index (χ0v) is 25.0. The molecule has 1 saturated carbocycles. The number of ether oxygens (including phenoxy) is 1. The van der Waals surface area contributed by atoms with Crippen LogP contribution in [0.1, 0.15) is 52.7 Å². The number of methoxy groups -OCH3 is 1. The van der Waals surface area contributed by atoms with Crippen LogP contribution in [0.4, 0.5) is 20.8 Å². The number of rotatable bonds is 10. The van der Waals surface area contributed by atoms with E-state index in [1.165, 1.54) is 42.9 Å². The lowest BCUT2D eigenvalue weighted by molar-refractivity contribution is 0.0947. The Morgan fingerprint density at radius 2 is 1.91 bits per heavy atom. The Labute approximate surface area is 259 Å². The fraction of sp³-hybridized carbons (Fsp3) is 0.323. The van der Waals surface area contributed by atoms with Crippen molar-refractivity contribution in [3.05, 3.63) is 89.5 Å². The zero-order chi connectivity index (χ0) is 31.9. The predicted octanol–water partition coefficient (Wildman–Crippen LogP) is 3.71. The first-order valence-electron chi connectivity index (χ1n) is 14.5. The maximum atomic E-state index is 13.7. The average molecular weight is 615 g/mol. The van der Waals surface area contributed by atoms with Crippen LogP contribution >= 0.6 is 0 Å². The first kappa shape index (κ1) is 31.0. The first-order chi connectivity index (χ1) is 21.8. The van der Waals surface area contributed by atoms with Gasteiger partial charge in [-0.25, -0.2) is 24.1 Å². The van der Waals surface area contributed by atoms with Gasteiger partial charge in [-0.05, 0) is 42.5 Å². The average Bonchev–Trinajstić information content (AvgIpc) is 3.61. The molecule has 0 radical (unpaired) electrons. The van der Waals surface area contributed by atoms with Crippen molar-refractivity contribution in [2.45, 2.75) is 38.3 Å². The van der Waals surface area contributed by atoms with Gasteiger partial charge in [-0.2, -0.15) is 9.78 Å². The van der Waals surface area contributed by atoms with Gasteiger partial charge in [0.2, 0.25) is 0 Å². The Hall–Kier alpha value is -5.40. The smallest absolute Gasteiger partial charge is 0.346 e. The minimum Gasteiger partial charge on any atom is -0.496 e. The van der Waals surface area contributed by atoms with Crippen molar-refractivity contribution < 1.29 is 18.7 Å². The molecule has 234 valence electrons. The van der Waals surface area contributed by atoms with Crippen molar-refractivity contribution in [1.82, 2.24) is 34.9 Å². The number of carbonyl (C=O) groups excluding carboxylic acids is 2. The van der Waals surface area contributed by atoms with Crippen LogP contribution in [0.25, 0.3) is 0 Å². The lowest BCUT2D eigenvalue weighted by Crippen LogP contribution is -2.47. The summed E-state index contributed by atoms with van der Waals surface area (Å²) in [5.74, 6) is -0.000350. The molecule has 14 heteroatoms. The number of halogens is 1. The van der Waals surface area contributed by atoms with Gasteiger partial charge in [-0.3, -0.25) is 10.2 Å². The van der Waals surface area contributed by atoms with Gasteiger partial charge >= 0.3 is 6.03 Å². The summed E-state index contributed by atoms with van der Waals surface area (Å²) in [7, 11) is 3.20. The molecular weight excluding hydrogens is 579 g/mol. The van der Waals surface area contributed by atoms with E-state index in [1.54, 1.807) is 36.2 Å². The number of carbonyl (C=O) groups is 2. The van der Waals surface area contributed by atoms with Crippen molar-refractivity contribution >= 4 is 29.3 Å². The molecule has 0 bridgehead atoms. The molecule has 2 amide bonds. The first-order valence-corrected chi connectivity index (χ1v) is 14.5. The van der Waals surface area contributed by atoms with Crippen molar-refractivity contribution in [2.24, 2.45) is 5.92 Å². The van der Waals surface area contributed by atoms with Crippen molar-refractivity contribution in [2.75, 3.05) is 31.8 Å². The van der Waals surface area contributed by atoms with Gasteiger partial charge in [0, 0.05) is 31.7 Å². The summed E-state index contributed by atoms with van der Waals surface area (Å²) in [6, 6.07) is 10.6. The third-order valence-electron chi connectivity index (χ3n) is 8.04. The summed E-state index contributed by atoms with van der Waals surface area (Å²) in [4.78, 5) is 39.7. The number of anilines is 2. The number of nitrogens with two attached hydrogens (primary N) is 1. The molecular formula is C31H35FN10O3. The topological polar surface area (TPSA) is 177 Å². The van der Waals surface area contributed by atoms with Gasteiger partial charge in [-0.1, -0.05) is 37.1 Å². The van der Waals surface area contributed by atoms with Gasteiger partial charge < -0.3 is 26.0 Å². The molecule has 2 aromatic carbocycles. The van der Waals surface area contributed by atoms with Crippen LogP contribution in [0.15, 0.2) is 61.4 Å². The van der Waals surface area contributed by atoms with E-state index in [0.29, 0.717) is 23.5 Å². The van der Waals surface area contributed by atoms with Crippen LogP contribution in [0.3, 0.4) is 0 Å². The maximum absolute atomic E-state index is 13.7. The standard InChI is InChI=1S/C31H35FN10O3/c1-41(31(44)42-18-35-16-40-42)24-6-4-3-5-21(24)15-36-29-26(28(34)38-17-39-29)27(33)20-9-7-19(8-10-20)14-37-30(43)23-13-22(32)11-12-25(23)45-2/h7-13,16-18,21,24,33H,3-6,14-15H2,1-2H3,(H,37,43)(H3,34,36,38,39). The predicted molar refractivity (Wildman–Crippen MR) is 166 cm³/mol. The van der Waals surface area contributed by atoms with Crippen LogP contribution in [0.5, 0.6) is 5.75 Å². The van der Waals surface area contributed by atoms with Crippen LogP contribution < -0.4 is 21.1 Å². The highest BCUT2D eigenvalue weighted by atomic mass is 19.1. The maximum Gasteiger partial charge on any atom is 0.346 e. The lowest BCUT2D eigenvalue weighted by Gasteiger charge is -2.38. The highest BCUT2D eigenvalue weighted by molar-refractivity contribution is 6.16. The number of nitrogens with zero attached hydrogens (tertiary/aromatic N) is 6. The van der Waals surface area contributed by atoms with E-state index >= 15 is 0 Å². The number of benzene rings is 2. The van der Waals surface area contributed by atoms with Crippen molar-refractivity contribution in [3.63, 3.8) is 0 Å². The molecule has 5 N–H and O–H groups in total. The molecule has 1 fully saturated rings. The largest absolute Gasteiger partial charge is 0.496 e. The molecule has 2 heterocycles. The molecule has 13 nitrogen and oxygen atoms in total. The summed E-state index contributed by atoms with van der Waals surface area (Å²) >= 11 is 0. The number of nitrogens with one attached hydrogen (secondary N) is 3. The van der Waals surface area contributed by atoms with E-state index in [1.807, 2.05) is 0 Å². The summed E-state index contributed by atoms with van der Waals surface area (Å²) < 4.78 is 20.1. The molecule has 1 aliphatic rings. The molecule has 0 saturated heterocycles. The Morgan fingerprint density at radius 3 is 2.64 bits per heavy atom. The Balaban J connectivity index is 1.25. The monoisotopic (exact) mass is 614 g/mol. The molecule has 5 rings (SSSR count).